The summed E-state index contributed by atoms with van der Waals surface area (Å²) >= 11 is 0. The lowest BCUT2D eigenvalue weighted by molar-refractivity contribution is -0.134. The van der Waals surface area contributed by atoms with Crippen molar-refractivity contribution in [2.24, 2.45) is 5.41 Å². The summed E-state index contributed by atoms with van der Waals surface area (Å²) in [5.41, 5.74) is 4.98. The number of carbonyl (C=O) groups excluding carboxylic acids is 1. The van der Waals surface area contributed by atoms with Gasteiger partial charge in [-0.2, -0.15) is 0 Å². The Bertz CT molecular complexity index is 841. The van der Waals surface area contributed by atoms with Gasteiger partial charge in [0.15, 0.2) is 14.1 Å². The topological polar surface area (TPSA) is 26.3 Å². The van der Waals surface area contributed by atoms with Crippen LogP contribution in [0.4, 0.5) is 0 Å². The summed E-state index contributed by atoms with van der Waals surface area (Å²) < 4.78 is 6.48. The van der Waals surface area contributed by atoms with E-state index in [-0.39, 0.29) is 16.7 Å². The maximum Gasteiger partial charge on any atom is 0.193 e. The third kappa shape index (κ3) is 7.89. The van der Waals surface area contributed by atoms with E-state index in [0.29, 0.717) is 0 Å². The fraction of sp³-hybridized carbons (Fsp3) is 0.593. The molecule has 0 aliphatic heterocycles. The van der Waals surface area contributed by atoms with Gasteiger partial charge in [0.1, 0.15) is 14.2 Å². The molecule has 2 nitrogen and oxygen atoms in total. The van der Waals surface area contributed by atoms with Gasteiger partial charge in [-0.05, 0) is 43.1 Å². The van der Waals surface area contributed by atoms with Gasteiger partial charge in [0.25, 0.3) is 0 Å². The van der Waals surface area contributed by atoms with E-state index in [1.165, 1.54) is 0 Å². The molecule has 0 radical (unpaired) electrons. The highest BCUT2D eigenvalue weighted by molar-refractivity contribution is 6.83. The Morgan fingerprint density at radius 2 is 1.52 bits per heavy atom. The molecule has 0 aliphatic rings. The summed E-state index contributed by atoms with van der Waals surface area (Å²) in [6.07, 6.45) is 1.74. The van der Waals surface area contributed by atoms with Crippen LogP contribution in [0.2, 0.25) is 37.8 Å². The number of allylic oxidation sites excluding steroid dienone is 2. The lowest BCUT2D eigenvalue weighted by Gasteiger charge is -2.40. The highest BCUT2D eigenvalue weighted by Gasteiger charge is 2.44. The lowest BCUT2D eigenvalue weighted by Crippen LogP contribution is -2.48. The van der Waals surface area contributed by atoms with Gasteiger partial charge in [0.05, 0.1) is 0 Å². The fourth-order valence-corrected chi connectivity index (χ4v) is 5.23. The second-order valence-electron chi connectivity index (χ2n) is 11.8. The summed E-state index contributed by atoms with van der Waals surface area (Å²) in [6.45, 7) is 25.8. The van der Waals surface area contributed by atoms with Crippen LogP contribution in [0.3, 0.4) is 0 Å². The molecule has 4 heteroatoms. The third-order valence-electron chi connectivity index (χ3n) is 6.27. The largest absolute Gasteiger partial charge is 0.407 e. The number of carbonyl (C=O) groups is 1. The van der Waals surface area contributed by atoms with Gasteiger partial charge in [-0.25, -0.2) is 0 Å². The second kappa shape index (κ2) is 10.0. The quantitative estimate of drug-likeness (QED) is 0.312. The molecule has 1 unspecified atom stereocenters. The molecule has 0 fully saturated rings. The monoisotopic (exact) mass is 456 g/mol. The molecular formula is C27H44O2Si2. The van der Waals surface area contributed by atoms with E-state index in [2.05, 4.69) is 90.1 Å². The van der Waals surface area contributed by atoms with Crippen molar-refractivity contribution in [1.29, 1.82) is 0 Å². The lowest BCUT2D eigenvalue weighted by atomic mass is 9.70. The molecule has 0 spiro atoms. The van der Waals surface area contributed by atoms with Crippen molar-refractivity contribution in [3.8, 4) is 11.5 Å². The molecule has 0 N–H and O–H groups in total. The highest BCUT2D eigenvalue weighted by atomic mass is 28.4. The van der Waals surface area contributed by atoms with E-state index in [0.717, 1.165) is 11.1 Å². The Labute approximate surface area is 194 Å². The number of benzene rings is 1. The minimum absolute atomic E-state index is 0.0629. The minimum atomic E-state index is -2.04. The molecule has 1 aromatic rings. The van der Waals surface area contributed by atoms with Crippen LogP contribution >= 0.6 is 0 Å². The van der Waals surface area contributed by atoms with Crippen LogP contribution in [0, 0.1) is 16.9 Å². The van der Waals surface area contributed by atoms with Crippen molar-refractivity contribution in [1.82, 2.24) is 0 Å². The molecule has 0 saturated heterocycles. The van der Waals surface area contributed by atoms with Gasteiger partial charge < -0.3 is 4.43 Å². The van der Waals surface area contributed by atoms with Crippen molar-refractivity contribution in [3.05, 3.63) is 47.5 Å². The first-order valence-corrected chi connectivity index (χ1v) is 17.8. The van der Waals surface area contributed by atoms with E-state index in [4.69, 9.17) is 4.43 Å². The molecule has 0 heterocycles. The number of rotatable bonds is 7. The van der Waals surface area contributed by atoms with E-state index in [9.17, 15) is 4.79 Å². The zero-order valence-electron chi connectivity index (χ0n) is 21.9. The Morgan fingerprint density at radius 3 is 1.97 bits per heavy atom. The Kier molecular flexibility index (Phi) is 8.93. The molecule has 0 saturated carbocycles. The van der Waals surface area contributed by atoms with Crippen molar-refractivity contribution in [3.63, 3.8) is 0 Å². The van der Waals surface area contributed by atoms with Crippen LogP contribution in [0.25, 0.3) is 0 Å². The van der Waals surface area contributed by atoms with E-state index >= 15 is 0 Å². The Balaban J connectivity index is 3.36. The van der Waals surface area contributed by atoms with Crippen LogP contribution in [-0.4, -0.2) is 28.3 Å². The number of ketones is 1. The first-order chi connectivity index (χ1) is 13.9. The van der Waals surface area contributed by atoms with Crippen molar-refractivity contribution in [2.45, 2.75) is 98.3 Å². The normalized spacial score (nSPS) is 15.7. The molecule has 31 heavy (non-hydrogen) atoms. The molecule has 2 atom stereocenters. The predicted octanol–water partition coefficient (Wildman–Crippen LogP) is 7.60. The number of Topliss-reactive ketones (excluding diaryl/α,β-unsaturated/α-hetero) is 1. The highest BCUT2D eigenvalue weighted by Crippen LogP contribution is 2.42. The van der Waals surface area contributed by atoms with Gasteiger partial charge in [-0.1, -0.05) is 96.6 Å². The summed E-state index contributed by atoms with van der Waals surface area (Å²) in [5, 5.41) is 0.0629. The first-order valence-electron chi connectivity index (χ1n) is 11.4. The molecule has 1 aromatic carbocycles. The van der Waals surface area contributed by atoms with Gasteiger partial charge in [-0.3, -0.25) is 4.79 Å². The van der Waals surface area contributed by atoms with E-state index < -0.39 is 27.9 Å². The molecule has 0 aliphatic carbocycles. The van der Waals surface area contributed by atoms with Crippen LogP contribution in [0.15, 0.2) is 42.0 Å². The second-order valence-corrected chi connectivity index (χ2v) is 21.4. The van der Waals surface area contributed by atoms with E-state index in [1.54, 1.807) is 0 Å². The molecule has 0 bridgehead atoms. The predicted molar refractivity (Wildman–Crippen MR) is 141 cm³/mol. The average Bonchev–Trinajstić information content (AvgIpc) is 2.62. The third-order valence-corrected chi connectivity index (χ3v) is 11.7. The smallest absolute Gasteiger partial charge is 0.193 e. The molecule has 172 valence electrons. The standard InChI is InChI=1S/C27H44O2Si2/c1-21(18-19-30(8,9)10)20-24(23-16-14-13-15-17-23)27(6,7)25(28)22(2)29-31(11,12)26(3,4)5/h13-17,20,22,24H,1-12H3/b21-20+/t22-,24?/m0/s1. The molecular weight excluding hydrogens is 412 g/mol. The van der Waals surface area contributed by atoms with Gasteiger partial charge >= 0.3 is 0 Å². The summed E-state index contributed by atoms with van der Waals surface area (Å²) in [4.78, 5) is 13.7. The van der Waals surface area contributed by atoms with Crippen LogP contribution in [0.1, 0.15) is 59.9 Å². The van der Waals surface area contributed by atoms with Gasteiger partial charge in [0.2, 0.25) is 0 Å². The van der Waals surface area contributed by atoms with Crippen molar-refractivity contribution in [2.75, 3.05) is 0 Å². The van der Waals surface area contributed by atoms with Crippen LogP contribution in [-0.2, 0) is 9.22 Å². The minimum Gasteiger partial charge on any atom is -0.407 e. The summed E-state index contributed by atoms with van der Waals surface area (Å²) in [6, 6.07) is 10.3. The summed E-state index contributed by atoms with van der Waals surface area (Å²) in [5.74, 6) is 3.44. The summed E-state index contributed by atoms with van der Waals surface area (Å²) in [7, 11) is -3.51. The zero-order chi connectivity index (χ0) is 24.3. The SMILES string of the molecule is C/C(C#C[Si](C)(C)C)=C\C(c1ccccc1)C(C)(C)C(=O)[C@H](C)O[Si](C)(C)C(C)(C)C. The first kappa shape index (κ1) is 27.6. The molecule has 0 aromatic heterocycles. The van der Waals surface area contributed by atoms with Crippen molar-refractivity contribution >= 4 is 22.2 Å². The maximum absolute atomic E-state index is 13.7. The van der Waals surface area contributed by atoms with Gasteiger partial charge in [0, 0.05) is 11.3 Å². The van der Waals surface area contributed by atoms with E-state index in [1.807, 2.05) is 39.0 Å². The van der Waals surface area contributed by atoms with Gasteiger partial charge in [-0.15, -0.1) is 5.54 Å². The molecule has 0 amide bonds. The van der Waals surface area contributed by atoms with Crippen LogP contribution in [0.5, 0.6) is 0 Å². The maximum atomic E-state index is 13.7. The zero-order valence-corrected chi connectivity index (χ0v) is 23.9. The average molecular weight is 457 g/mol. The Morgan fingerprint density at radius 1 is 1.00 bits per heavy atom. The van der Waals surface area contributed by atoms with Crippen molar-refractivity contribution < 1.29 is 9.22 Å². The number of hydrogen-bond donors (Lipinski definition) is 0. The number of hydrogen-bond acceptors (Lipinski definition) is 2. The molecule has 1 rings (SSSR count). The fourth-order valence-electron chi connectivity index (χ4n) is 3.31. The van der Waals surface area contributed by atoms with Crippen LogP contribution < -0.4 is 0 Å². The Hall–Kier alpha value is -1.42.